The Balaban J connectivity index is 2.34. The second-order valence-electron chi connectivity index (χ2n) is 4.74. The van der Waals surface area contributed by atoms with E-state index in [1.54, 1.807) is 6.92 Å². The lowest BCUT2D eigenvalue weighted by molar-refractivity contribution is -0.385. The van der Waals surface area contributed by atoms with Crippen LogP contribution in [0.4, 0.5) is 14.5 Å². The van der Waals surface area contributed by atoms with Crippen molar-refractivity contribution in [2.24, 2.45) is 4.99 Å². The highest BCUT2D eigenvalue weighted by molar-refractivity contribution is 6.31. The topological polar surface area (TPSA) is 75.7 Å². The van der Waals surface area contributed by atoms with E-state index in [2.05, 4.69) is 4.99 Å². The summed E-state index contributed by atoms with van der Waals surface area (Å²) in [7, 11) is 0. The lowest BCUT2D eigenvalue weighted by Crippen LogP contribution is -1.97. The second kappa shape index (κ2) is 6.70. The van der Waals surface area contributed by atoms with Gasteiger partial charge in [-0.15, -0.1) is 0 Å². The van der Waals surface area contributed by atoms with Gasteiger partial charge in [-0.25, -0.2) is 8.78 Å². The fourth-order valence-corrected chi connectivity index (χ4v) is 2.18. The molecule has 0 unspecified atom stereocenters. The van der Waals surface area contributed by atoms with E-state index in [-0.39, 0.29) is 16.1 Å². The fourth-order valence-electron chi connectivity index (χ4n) is 1.96. The normalized spacial score (nSPS) is 12.5. The van der Waals surface area contributed by atoms with E-state index in [1.807, 2.05) is 0 Å². The molecule has 2 rings (SSSR count). The highest BCUT2D eigenvalue weighted by atomic mass is 35.5. The first-order valence-corrected chi connectivity index (χ1v) is 6.82. The van der Waals surface area contributed by atoms with E-state index in [0.29, 0.717) is 0 Å². The van der Waals surface area contributed by atoms with Crippen molar-refractivity contribution in [3.63, 3.8) is 0 Å². The van der Waals surface area contributed by atoms with Gasteiger partial charge in [0.15, 0.2) is 0 Å². The quantitative estimate of drug-likeness (QED) is 0.508. The highest BCUT2D eigenvalue weighted by Crippen LogP contribution is 2.32. The third-order valence-electron chi connectivity index (χ3n) is 3.13. The third-order valence-corrected chi connectivity index (χ3v) is 3.35. The maximum Gasteiger partial charge on any atom is 0.312 e. The smallest absolute Gasteiger partial charge is 0.312 e. The molecule has 0 aromatic heterocycles. The molecule has 1 N–H and O–H groups in total. The van der Waals surface area contributed by atoms with Crippen LogP contribution in [0.3, 0.4) is 0 Å². The van der Waals surface area contributed by atoms with Crippen molar-refractivity contribution in [1.29, 1.82) is 0 Å². The lowest BCUT2D eigenvalue weighted by Gasteiger charge is -2.08. The second-order valence-corrected chi connectivity index (χ2v) is 5.18. The largest absolute Gasteiger partial charge is 0.502 e. The molecule has 0 spiro atoms. The van der Waals surface area contributed by atoms with E-state index in [0.717, 1.165) is 24.4 Å². The Hall–Kier alpha value is -2.54. The van der Waals surface area contributed by atoms with E-state index in [4.69, 9.17) is 11.6 Å². The van der Waals surface area contributed by atoms with Crippen molar-refractivity contribution in [1.82, 2.24) is 0 Å². The van der Waals surface area contributed by atoms with E-state index >= 15 is 0 Å². The van der Waals surface area contributed by atoms with Crippen molar-refractivity contribution in [2.45, 2.75) is 13.0 Å². The summed E-state index contributed by atoms with van der Waals surface area (Å²) in [6.07, 6.45) is 1.15. The molecule has 0 heterocycles. The van der Waals surface area contributed by atoms with Gasteiger partial charge < -0.3 is 5.11 Å². The van der Waals surface area contributed by atoms with Crippen LogP contribution in [0.5, 0.6) is 5.75 Å². The number of hydrogen-bond acceptors (Lipinski definition) is 4. The first-order valence-electron chi connectivity index (χ1n) is 6.44. The zero-order valence-corrected chi connectivity index (χ0v) is 12.6. The minimum absolute atomic E-state index is 0.0265. The SMILES string of the molecule is C[C@@H](N=Cc1cc(Cl)cc([N+](=O)[O-])c1O)c1ccc(F)cc1F. The molecule has 0 saturated heterocycles. The van der Waals surface area contributed by atoms with E-state index < -0.39 is 34.0 Å². The van der Waals surface area contributed by atoms with Crippen LogP contribution >= 0.6 is 11.6 Å². The fraction of sp³-hybridized carbons (Fsp3) is 0.133. The van der Waals surface area contributed by atoms with Crippen LogP contribution < -0.4 is 0 Å². The van der Waals surface area contributed by atoms with Crippen LogP contribution in [0.25, 0.3) is 0 Å². The number of nitro benzene ring substituents is 1. The van der Waals surface area contributed by atoms with Crippen LogP contribution in [-0.2, 0) is 0 Å². The van der Waals surface area contributed by atoms with Gasteiger partial charge in [0, 0.05) is 34.5 Å². The van der Waals surface area contributed by atoms with Crippen molar-refractivity contribution < 1.29 is 18.8 Å². The predicted octanol–water partition coefficient (Wildman–Crippen LogP) is 4.41. The molecule has 0 aliphatic heterocycles. The van der Waals surface area contributed by atoms with Crippen LogP contribution in [0.15, 0.2) is 35.3 Å². The molecule has 8 heteroatoms. The first-order chi connectivity index (χ1) is 10.8. The molecule has 0 aliphatic carbocycles. The minimum Gasteiger partial charge on any atom is -0.502 e. The van der Waals surface area contributed by atoms with Gasteiger partial charge in [-0.2, -0.15) is 0 Å². The number of rotatable bonds is 4. The zero-order valence-electron chi connectivity index (χ0n) is 11.8. The summed E-state index contributed by atoms with van der Waals surface area (Å²) in [5, 5.41) is 20.7. The van der Waals surface area contributed by atoms with Crippen LogP contribution in [0, 0.1) is 21.7 Å². The zero-order chi connectivity index (χ0) is 17.1. The molecular weight excluding hydrogens is 330 g/mol. The molecule has 0 amide bonds. The molecule has 5 nitrogen and oxygen atoms in total. The number of aliphatic imine (C=N–C) groups is 1. The van der Waals surface area contributed by atoms with Crippen LogP contribution in [-0.4, -0.2) is 16.2 Å². The molecule has 2 aromatic carbocycles. The van der Waals surface area contributed by atoms with Gasteiger partial charge in [0.05, 0.1) is 11.0 Å². The van der Waals surface area contributed by atoms with Crippen molar-refractivity contribution in [3.05, 3.63) is 68.2 Å². The van der Waals surface area contributed by atoms with Gasteiger partial charge in [-0.3, -0.25) is 15.1 Å². The number of benzene rings is 2. The van der Waals surface area contributed by atoms with Crippen molar-refractivity contribution in [3.8, 4) is 5.75 Å². The molecule has 120 valence electrons. The molecule has 0 fully saturated rings. The highest BCUT2D eigenvalue weighted by Gasteiger charge is 2.18. The molecule has 0 radical (unpaired) electrons. The Bertz CT molecular complexity index is 797. The predicted molar refractivity (Wildman–Crippen MR) is 82.1 cm³/mol. The minimum atomic E-state index is -0.776. The molecule has 0 aliphatic rings. The average molecular weight is 341 g/mol. The van der Waals surface area contributed by atoms with Crippen LogP contribution in [0.2, 0.25) is 5.02 Å². The standard InChI is InChI=1S/C15H11ClF2N2O3/c1-8(12-3-2-11(17)6-13(12)18)19-7-9-4-10(16)5-14(15(9)21)20(22)23/h2-8,21H,1H3/t8-/m1/s1. The summed E-state index contributed by atoms with van der Waals surface area (Å²) >= 11 is 5.76. The van der Waals surface area contributed by atoms with Gasteiger partial charge in [0.1, 0.15) is 11.6 Å². The van der Waals surface area contributed by atoms with Gasteiger partial charge in [0.25, 0.3) is 0 Å². The van der Waals surface area contributed by atoms with Crippen molar-refractivity contribution in [2.75, 3.05) is 0 Å². The number of aromatic hydroxyl groups is 1. The Morgan fingerprint density at radius 2 is 2.04 bits per heavy atom. The first kappa shape index (κ1) is 16.8. The molecule has 0 bridgehead atoms. The summed E-state index contributed by atoms with van der Waals surface area (Å²) in [5.74, 6) is -2.04. The number of phenols is 1. The maximum atomic E-state index is 13.7. The number of hydrogen-bond donors (Lipinski definition) is 1. The van der Waals surface area contributed by atoms with Gasteiger partial charge in [-0.05, 0) is 19.1 Å². The molecule has 23 heavy (non-hydrogen) atoms. The Morgan fingerprint density at radius 1 is 1.35 bits per heavy atom. The van der Waals surface area contributed by atoms with E-state index in [9.17, 15) is 24.0 Å². The number of nitrogens with zero attached hydrogens (tertiary/aromatic N) is 2. The average Bonchev–Trinajstić information content (AvgIpc) is 2.47. The summed E-state index contributed by atoms with van der Waals surface area (Å²) < 4.78 is 26.6. The molecule has 2 aromatic rings. The summed E-state index contributed by atoms with van der Waals surface area (Å²) in [4.78, 5) is 14.1. The molecule has 1 atom stereocenters. The maximum absolute atomic E-state index is 13.7. The summed E-state index contributed by atoms with van der Waals surface area (Å²) in [5.41, 5.74) is -0.378. The number of nitro groups is 1. The Kier molecular flexibility index (Phi) is 4.90. The summed E-state index contributed by atoms with van der Waals surface area (Å²) in [6.45, 7) is 1.56. The molecule has 0 saturated carbocycles. The Labute approximate surface area is 135 Å². The number of phenolic OH excluding ortho intramolecular Hbond substituents is 1. The van der Waals surface area contributed by atoms with Crippen molar-refractivity contribution >= 4 is 23.5 Å². The monoisotopic (exact) mass is 340 g/mol. The molecular formula is C15H11ClF2N2O3. The summed E-state index contributed by atoms with van der Waals surface area (Å²) in [6, 6.07) is 4.72. The third kappa shape index (κ3) is 3.81. The van der Waals surface area contributed by atoms with Crippen LogP contribution in [0.1, 0.15) is 24.1 Å². The number of halogens is 3. The van der Waals surface area contributed by atoms with E-state index in [1.165, 1.54) is 12.1 Å². The van der Waals surface area contributed by atoms with Gasteiger partial charge in [0.2, 0.25) is 5.75 Å². The van der Waals surface area contributed by atoms with Gasteiger partial charge >= 0.3 is 5.69 Å². The van der Waals surface area contributed by atoms with Gasteiger partial charge in [-0.1, -0.05) is 17.7 Å². The Morgan fingerprint density at radius 3 is 2.65 bits per heavy atom. The lowest BCUT2D eigenvalue weighted by atomic mass is 10.1.